The zero-order chi connectivity index (χ0) is 13.8. The number of halogens is 3. The molecule has 0 amide bonds. The first-order valence-corrected chi connectivity index (χ1v) is 5.99. The SMILES string of the molecule is CC(NCc1ccc(F)cc1F)c1ccccc1F. The molecule has 1 nitrogen and oxygen atoms in total. The van der Waals surface area contributed by atoms with Crippen LogP contribution in [0.4, 0.5) is 13.2 Å². The van der Waals surface area contributed by atoms with Gasteiger partial charge in [0.15, 0.2) is 0 Å². The first-order chi connectivity index (χ1) is 9.08. The van der Waals surface area contributed by atoms with Crippen LogP contribution in [-0.4, -0.2) is 0 Å². The minimum absolute atomic E-state index is 0.210. The van der Waals surface area contributed by atoms with Gasteiger partial charge in [-0.15, -0.1) is 0 Å². The van der Waals surface area contributed by atoms with E-state index >= 15 is 0 Å². The molecule has 2 aromatic rings. The number of benzene rings is 2. The Balaban J connectivity index is 2.04. The highest BCUT2D eigenvalue weighted by molar-refractivity contribution is 5.22. The molecule has 0 heterocycles. The summed E-state index contributed by atoms with van der Waals surface area (Å²) in [5.41, 5.74) is 0.870. The lowest BCUT2D eigenvalue weighted by molar-refractivity contribution is 0.511. The fourth-order valence-electron chi connectivity index (χ4n) is 1.86. The Bertz CT molecular complexity index is 569. The molecule has 0 saturated heterocycles. The lowest BCUT2D eigenvalue weighted by atomic mass is 10.1. The molecule has 2 rings (SSSR count). The van der Waals surface area contributed by atoms with Gasteiger partial charge in [0.05, 0.1) is 0 Å². The molecule has 0 saturated carbocycles. The van der Waals surface area contributed by atoms with E-state index in [1.54, 1.807) is 25.1 Å². The molecule has 2 aromatic carbocycles. The second kappa shape index (κ2) is 5.89. The zero-order valence-electron chi connectivity index (χ0n) is 10.5. The lowest BCUT2D eigenvalue weighted by Crippen LogP contribution is -2.19. The van der Waals surface area contributed by atoms with Gasteiger partial charge in [0, 0.05) is 29.8 Å². The van der Waals surface area contributed by atoms with E-state index in [1.807, 2.05) is 0 Å². The number of rotatable bonds is 4. The lowest BCUT2D eigenvalue weighted by Gasteiger charge is -2.15. The van der Waals surface area contributed by atoms with Crippen molar-refractivity contribution in [1.82, 2.24) is 5.32 Å². The van der Waals surface area contributed by atoms with Gasteiger partial charge in [-0.1, -0.05) is 24.3 Å². The van der Waals surface area contributed by atoms with Gasteiger partial charge in [0.25, 0.3) is 0 Å². The van der Waals surface area contributed by atoms with E-state index < -0.39 is 11.6 Å². The highest BCUT2D eigenvalue weighted by Gasteiger charge is 2.11. The maximum absolute atomic E-state index is 13.5. The third-order valence-corrected chi connectivity index (χ3v) is 2.99. The van der Waals surface area contributed by atoms with Crippen LogP contribution in [0.15, 0.2) is 42.5 Å². The first-order valence-electron chi connectivity index (χ1n) is 5.99. The third kappa shape index (κ3) is 3.35. The Hall–Kier alpha value is -1.81. The van der Waals surface area contributed by atoms with E-state index in [2.05, 4.69) is 5.32 Å². The van der Waals surface area contributed by atoms with Crippen LogP contribution in [-0.2, 0) is 6.54 Å². The normalized spacial score (nSPS) is 12.4. The topological polar surface area (TPSA) is 12.0 Å². The second-order valence-corrected chi connectivity index (χ2v) is 4.36. The van der Waals surface area contributed by atoms with Crippen molar-refractivity contribution in [1.29, 1.82) is 0 Å². The van der Waals surface area contributed by atoms with Crippen LogP contribution in [0.1, 0.15) is 24.1 Å². The van der Waals surface area contributed by atoms with Crippen molar-refractivity contribution in [2.45, 2.75) is 19.5 Å². The highest BCUT2D eigenvalue weighted by atomic mass is 19.1. The largest absolute Gasteiger partial charge is 0.306 e. The zero-order valence-corrected chi connectivity index (χ0v) is 10.5. The molecular formula is C15H14F3N. The molecule has 0 aromatic heterocycles. The Morgan fingerprint density at radius 3 is 2.42 bits per heavy atom. The van der Waals surface area contributed by atoms with Gasteiger partial charge in [0.2, 0.25) is 0 Å². The minimum atomic E-state index is -0.608. The third-order valence-electron chi connectivity index (χ3n) is 2.99. The van der Waals surface area contributed by atoms with Crippen molar-refractivity contribution in [3.63, 3.8) is 0 Å². The quantitative estimate of drug-likeness (QED) is 0.882. The van der Waals surface area contributed by atoms with Crippen LogP contribution in [0.2, 0.25) is 0 Å². The van der Waals surface area contributed by atoms with Crippen molar-refractivity contribution >= 4 is 0 Å². The summed E-state index contributed by atoms with van der Waals surface area (Å²) >= 11 is 0. The molecule has 1 unspecified atom stereocenters. The van der Waals surface area contributed by atoms with E-state index in [4.69, 9.17) is 0 Å². The smallest absolute Gasteiger partial charge is 0.130 e. The molecule has 0 spiro atoms. The Morgan fingerprint density at radius 1 is 1.00 bits per heavy atom. The van der Waals surface area contributed by atoms with Crippen LogP contribution in [0.5, 0.6) is 0 Å². The van der Waals surface area contributed by atoms with Crippen LogP contribution < -0.4 is 5.32 Å². The molecule has 1 N–H and O–H groups in total. The summed E-state index contributed by atoms with van der Waals surface area (Å²) in [6.07, 6.45) is 0. The molecule has 0 aliphatic rings. The number of hydrogen-bond donors (Lipinski definition) is 1. The van der Waals surface area contributed by atoms with Crippen molar-refractivity contribution in [2.24, 2.45) is 0 Å². The van der Waals surface area contributed by atoms with E-state index in [-0.39, 0.29) is 18.4 Å². The molecule has 1 atom stereocenters. The maximum atomic E-state index is 13.5. The van der Waals surface area contributed by atoms with Gasteiger partial charge >= 0.3 is 0 Å². The average Bonchev–Trinajstić information content (AvgIpc) is 2.38. The highest BCUT2D eigenvalue weighted by Crippen LogP contribution is 2.17. The summed E-state index contributed by atoms with van der Waals surface area (Å²) in [7, 11) is 0. The molecule has 0 radical (unpaired) electrons. The predicted molar refractivity (Wildman–Crippen MR) is 68.0 cm³/mol. The summed E-state index contributed by atoms with van der Waals surface area (Å²) in [4.78, 5) is 0. The Kier molecular flexibility index (Phi) is 4.22. The van der Waals surface area contributed by atoms with Gasteiger partial charge in [-0.05, 0) is 19.1 Å². The van der Waals surface area contributed by atoms with E-state index in [9.17, 15) is 13.2 Å². The number of nitrogens with one attached hydrogen (secondary N) is 1. The molecule has 0 fully saturated rings. The fraction of sp³-hybridized carbons (Fsp3) is 0.200. The van der Waals surface area contributed by atoms with Crippen molar-refractivity contribution in [3.8, 4) is 0 Å². The van der Waals surface area contributed by atoms with Crippen molar-refractivity contribution in [2.75, 3.05) is 0 Å². The van der Waals surface area contributed by atoms with Gasteiger partial charge in [-0.2, -0.15) is 0 Å². The van der Waals surface area contributed by atoms with Crippen LogP contribution >= 0.6 is 0 Å². The Morgan fingerprint density at radius 2 is 1.74 bits per heavy atom. The van der Waals surface area contributed by atoms with Gasteiger partial charge in [0.1, 0.15) is 17.5 Å². The summed E-state index contributed by atoms with van der Waals surface area (Å²) in [5.74, 6) is -1.52. The van der Waals surface area contributed by atoms with Crippen molar-refractivity contribution in [3.05, 3.63) is 71.0 Å². The molecular weight excluding hydrogens is 251 g/mol. The van der Waals surface area contributed by atoms with E-state index in [0.717, 1.165) is 6.07 Å². The summed E-state index contributed by atoms with van der Waals surface area (Å²) in [5, 5.41) is 3.01. The van der Waals surface area contributed by atoms with E-state index in [0.29, 0.717) is 11.1 Å². The summed E-state index contributed by atoms with van der Waals surface area (Å²) < 4.78 is 39.7. The van der Waals surface area contributed by atoms with Crippen LogP contribution in [0, 0.1) is 17.5 Å². The van der Waals surface area contributed by atoms with Crippen LogP contribution in [0.3, 0.4) is 0 Å². The number of hydrogen-bond acceptors (Lipinski definition) is 1. The first kappa shape index (κ1) is 13.6. The van der Waals surface area contributed by atoms with Crippen molar-refractivity contribution < 1.29 is 13.2 Å². The summed E-state index contributed by atoms with van der Waals surface area (Å²) in [6.45, 7) is 2.00. The average molecular weight is 265 g/mol. The standard InChI is InChI=1S/C15H14F3N/c1-10(13-4-2-3-5-14(13)17)19-9-11-6-7-12(16)8-15(11)18/h2-8,10,19H,9H2,1H3. The molecule has 19 heavy (non-hydrogen) atoms. The second-order valence-electron chi connectivity index (χ2n) is 4.36. The van der Waals surface area contributed by atoms with E-state index in [1.165, 1.54) is 18.2 Å². The van der Waals surface area contributed by atoms with Gasteiger partial charge in [-0.25, -0.2) is 13.2 Å². The molecule has 4 heteroatoms. The molecule has 100 valence electrons. The predicted octanol–water partition coefficient (Wildman–Crippen LogP) is 3.95. The van der Waals surface area contributed by atoms with Crippen LogP contribution in [0.25, 0.3) is 0 Å². The summed E-state index contributed by atoms with van der Waals surface area (Å²) in [6, 6.07) is 9.58. The monoisotopic (exact) mass is 265 g/mol. The fourth-order valence-corrected chi connectivity index (χ4v) is 1.86. The molecule has 0 aliphatic heterocycles. The Labute approximate surface area is 110 Å². The minimum Gasteiger partial charge on any atom is -0.306 e. The maximum Gasteiger partial charge on any atom is 0.130 e. The van der Waals surface area contributed by atoms with Gasteiger partial charge in [-0.3, -0.25) is 0 Å². The molecule has 0 aliphatic carbocycles. The molecule has 0 bridgehead atoms. The van der Waals surface area contributed by atoms with Gasteiger partial charge < -0.3 is 5.32 Å².